The Hall–Kier alpha value is -1.12. The summed E-state index contributed by atoms with van der Waals surface area (Å²) >= 11 is 3.24. The number of carbonyl (C=O) groups excluding carboxylic acids is 1. The first-order chi connectivity index (χ1) is 8.85. The second-order valence-corrected chi connectivity index (χ2v) is 6.65. The van der Waals surface area contributed by atoms with E-state index in [9.17, 15) is 13.2 Å². The van der Waals surface area contributed by atoms with Gasteiger partial charge in [-0.1, -0.05) is 22.9 Å². The monoisotopic (exact) mass is 349 g/mol. The molecular formula is C11H16BrN3O3S. The van der Waals surface area contributed by atoms with Crippen LogP contribution in [0.2, 0.25) is 0 Å². The van der Waals surface area contributed by atoms with Crippen LogP contribution in [0.5, 0.6) is 0 Å². The maximum atomic E-state index is 11.8. The maximum Gasteiger partial charge on any atom is 0.253 e. The molecule has 106 valence electrons. The van der Waals surface area contributed by atoms with E-state index in [1.807, 2.05) is 0 Å². The minimum atomic E-state index is -3.33. The normalized spacial score (nSPS) is 11.3. The second kappa shape index (κ2) is 6.88. The lowest BCUT2D eigenvalue weighted by molar-refractivity contribution is 0.0957. The van der Waals surface area contributed by atoms with Crippen molar-refractivity contribution in [3.63, 3.8) is 0 Å². The van der Waals surface area contributed by atoms with Crippen LogP contribution in [0.1, 0.15) is 17.3 Å². The van der Waals surface area contributed by atoms with Gasteiger partial charge in [-0.15, -0.1) is 0 Å². The van der Waals surface area contributed by atoms with Gasteiger partial charge >= 0.3 is 0 Å². The Labute approximate surface area is 120 Å². The molecule has 0 aromatic heterocycles. The van der Waals surface area contributed by atoms with Gasteiger partial charge in [0.25, 0.3) is 5.91 Å². The summed E-state index contributed by atoms with van der Waals surface area (Å²) < 4.78 is 25.9. The lowest BCUT2D eigenvalue weighted by Crippen LogP contribution is -2.34. The van der Waals surface area contributed by atoms with Gasteiger partial charge < -0.3 is 11.1 Å². The van der Waals surface area contributed by atoms with E-state index in [0.717, 1.165) is 4.47 Å². The summed E-state index contributed by atoms with van der Waals surface area (Å²) in [5, 5.41) is 2.52. The fourth-order valence-electron chi connectivity index (χ4n) is 1.43. The molecule has 1 amide bonds. The Balaban J connectivity index is 2.57. The first kappa shape index (κ1) is 15.9. The number of amides is 1. The van der Waals surface area contributed by atoms with E-state index in [0.29, 0.717) is 17.8 Å². The molecule has 0 heterocycles. The highest BCUT2D eigenvalue weighted by atomic mass is 79.9. The van der Waals surface area contributed by atoms with E-state index in [2.05, 4.69) is 26.0 Å². The van der Waals surface area contributed by atoms with Crippen LogP contribution in [0.4, 0.5) is 5.69 Å². The number of hydrogen-bond donors (Lipinski definition) is 3. The highest BCUT2D eigenvalue weighted by Gasteiger charge is 2.12. The summed E-state index contributed by atoms with van der Waals surface area (Å²) in [5.74, 6) is -0.556. The van der Waals surface area contributed by atoms with Crippen LogP contribution < -0.4 is 15.8 Å². The van der Waals surface area contributed by atoms with Gasteiger partial charge in [0.15, 0.2) is 0 Å². The number of carbonyl (C=O) groups is 1. The quantitative estimate of drug-likeness (QED) is 0.658. The molecule has 0 bridgehead atoms. The molecule has 0 saturated carbocycles. The molecule has 1 aromatic carbocycles. The third-order valence-corrected chi connectivity index (χ3v) is 4.24. The minimum Gasteiger partial charge on any atom is -0.398 e. The highest BCUT2D eigenvalue weighted by molar-refractivity contribution is 9.10. The van der Waals surface area contributed by atoms with Crippen LogP contribution in [0.3, 0.4) is 0 Å². The van der Waals surface area contributed by atoms with E-state index in [4.69, 9.17) is 5.73 Å². The molecule has 0 atom stereocenters. The molecule has 0 aliphatic heterocycles. The highest BCUT2D eigenvalue weighted by Crippen LogP contribution is 2.18. The molecule has 0 radical (unpaired) electrons. The van der Waals surface area contributed by atoms with Crippen LogP contribution in [-0.4, -0.2) is 33.2 Å². The van der Waals surface area contributed by atoms with Gasteiger partial charge in [0, 0.05) is 23.2 Å². The lowest BCUT2D eigenvalue weighted by Gasteiger charge is -2.08. The van der Waals surface area contributed by atoms with Crippen molar-refractivity contribution in [2.24, 2.45) is 0 Å². The first-order valence-corrected chi connectivity index (χ1v) is 8.11. The van der Waals surface area contributed by atoms with Gasteiger partial charge in [-0.25, -0.2) is 13.1 Å². The van der Waals surface area contributed by atoms with Crippen molar-refractivity contribution in [1.82, 2.24) is 10.0 Å². The molecule has 0 unspecified atom stereocenters. The average molecular weight is 350 g/mol. The fourth-order valence-corrected chi connectivity index (χ4v) is 2.76. The first-order valence-electron chi connectivity index (χ1n) is 5.66. The zero-order chi connectivity index (χ0) is 14.5. The van der Waals surface area contributed by atoms with E-state index in [1.54, 1.807) is 25.1 Å². The van der Waals surface area contributed by atoms with Gasteiger partial charge in [0.05, 0.1) is 11.3 Å². The number of hydrogen-bond acceptors (Lipinski definition) is 4. The Morgan fingerprint density at radius 1 is 1.42 bits per heavy atom. The fraction of sp³-hybridized carbons (Fsp3) is 0.364. The number of benzene rings is 1. The lowest BCUT2D eigenvalue weighted by atomic mass is 10.2. The van der Waals surface area contributed by atoms with Crippen molar-refractivity contribution in [2.45, 2.75) is 6.92 Å². The van der Waals surface area contributed by atoms with Gasteiger partial charge in [-0.3, -0.25) is 4.79 Å². The van der Waals surface area contributed by atoms with E-state index < -0.39 is 15.9 Å². The molecule has 19 heavy (non-hydrogen) atoms. The Morgan fingerprint density at radius 3 is 2.68 bits per heavy atom. The summed E-state index contributed by atoms with van der Waals surface area (Å²) in [4.78, 5) is 11.8. The SMILES string of the molecule is CCNS(=O)(=O)CCNC(=O)c1ccc(Br)cc1N. The molecule has 0 fully saturated rings. The smallest absolute Gasteiger partial charge is 0.253 e. The zero-order valence-corrected chi connectivity index (χ0v) is 12.8. The summed E-state index contributed by atoms with van der Waals surface area (Å²) in [6.07, 6.45) is 0. The number of rotatable bonds is 6. The zero-order valence-electron chi connectivity index (χ0n) is 10.4. The number of sulfonamides is 1. The summed E-state index contributed by atoms with van der Waals surface area (Å²) in [7, 11) is -3.33. The molecule has 1 rings (SSSR count). The standard InChI is InChI=1S/C11H16BrN3O3S/c1-2-15-19(17,18)6-5-14-11(16)9-4-3-8(12)7-10(9)13/h3-4,7,15H,2,5-6,13H2,1H3,(H,14,16). The molecular weight excluding hydrogens is 334 g/mol. The number of nitrogen functional groups attached to an aromatic ring is 1. The molecule has 8 heteroatoms. The number of halogens is 1. The van der Waals surface area contributed by atoms with Gasteiger partial charge in [0.1, 0.15) is 0 Å². The van der Waals surface area contributed by atoms with Gasteiger partial charge in [-0.2, -0.15) is 0 Å². The molecule has 0 aliphatic rings. The van der Waals surface area contributed by atoms with Crippen molar-refractivity contribution in [3.8, 4) is 0 Å². The predicted octanol–water partition coefficient (Wildman–Crippen LogP) is 0.700. The van der Waals surface area contributed by atoms with Crippen LogP contribution in [0.15, 0.2) is 22.7 Å². The van der Waals surface area contributed by atoms with Crippen molar-refractivity contribution in [2.75, 3.05) is 24.6 Å². The molecule has 0 spiro atoms. The second-order valence-electron chi connectivity index (χ2n) is 3.80. The number of nitrogens with one attached hydrogen (secondary N) is 2. The third-order valence-electron chi connectivity index (χ3n) is 2.28. The van der Waals surface area contributed by atoms with Crippen LogP contribution >= 0.6 is 15.9 Å². The number of anilines is 1. The van der Waals surface area contributed by atoms with Crippen molar-refractivity contribution in [3.05, 3.63) is 28.2 Å². The van der Waals surface area contributed by atoms with E-state index >= 15 is 0 Å². The Morgan fingerprint density at radius 2 is 2.11 bits per heavy atom. The topological polar surface area (TPSA) is 101 Å². The Bertz CT molecular complexity index is 560. The average Bonchev–Trinajstić information content (AvgIpc) is 2.28. The molecule has 0 aliphatic carbocycles. The van der Waals surface area contributed by atoms with Crippen molar-refractivity contribution < 1.29 is 13.2 Å². The van der Waals surface area contributed by atoms with Crippen LogP contribution in [0.25, 0.3) is 0 Å². The van der Waals surface area contributed by atoms with Crippen molar-refractivity contribution in [1.29, 1.82) is 0 Å². The van der Waals surface area contributed by atoms with E-state index in [-0.39, 0.29) is 12.3 Å². The molecule has 0 saturated heterocycles. The summed E-state index contributed by atoms with van der Waals surface area (Å²) in [5.41, 5.74) is 6.36. The van der Waals surface area contributed by atoms with Crippen LogP contribution in [0, 0.1) is 0 Å². The molecule has 6 nitrogen and oxygen atoms in total. The number of nitrogens with two attached hydrogens (primary N) is 1. The van der Waals surface area contributed by atoms with Gasteiger partial charge in [0.2, 0.25) is 10.0 Å². The minimum absolute atomic E-state index is 0.0314. The van der Waals surface area contributed by atoms with E-state index in [1.165, 1.54) is 0 Å². The summed E-state index contributed by atoms with van der Waals surface area (Å²) in [6.45, 7) is 2.05. The van der Waals surface area contributed by atoms with Gasteiger partial charge in [-0.05, 0) is 18.2 Å². The molecule has 4 N–H and O–H groups in total. The molecule has 1 aromatic rings. The van der Waals surface area contributed by atoms with Crippen LogP contribution in [-0.2, 0) is 10.0 Å². The van der Waals surface area contributed by atoms with Crippen molar-refractivity contribution >= 4 is 37.5 Å². The summed E-state index contributed by atoms with van der Waals surface area (Å²) in [6, 6.07) is 4.89. The largest absolute Gasteiger partial charge is 0.398 e. The maximum absolute atomic E-state index is 11.8. The predicted molar refractivity (Wildman–Crippen MR) is 78.4 cm³/mol. The Kier molecular flexibility index (Phi) is 5.77. The third kappa shape index (κ3) is 5.17.